The highest BCUT2D eigenvalue weighted by molar-refractivity contribution is 6.03. The zero-order valence-corrected chi connectivity index (χ0v) is 14.4. The molecule has 1 amide bonds. The Labute approximate surface area is 137 Å². The average molecular weight is 312 g/mol. The number of amides is 1. The monoisotopic (exact) mass is 312 g/mol. The van der Waals surface area contributed by atoms with Crippen molar-refractivity contribution in [1.29, 1.82) is 0 Å². The smallest absolute Gasteiger partial charge is 0.274 e. The van der Waals surface area contributed by atoms with Gasteiger partial charge >= 0.3 is 0 Å². The third-order valence-electron chi connectivity index (χ3n) is 3.19. The van der Waals surface area contributed by atoms with Crippen molar-refractivity contribution in [3.05, 3.63) is 47.3 Å². The minimum atomic E-state index is -0.239. The molecule has 2 aromatic rings. The molecule has 0 saturated heterocycles. The molecular weight excluding hydrogens is 288 g/mol. The molecule has 1 aromatic heterocycles. The van der Waals surface area contributed by atoms with E-state index in [9.17, 15) is 4.79 Å². The van der Waals surface area contributed by atoms with Crippen molar-refractivity contribution < 1.29 is 4.79 Å². The number of anilines is 2. The summed E-state index contributed by atoms with van der Waals surface area (Å²) in [4.78, 5) is 21.1. The number of nitrogens with zero attached hydrogens (tertiary/aromatic N) is 2. The van der Waals surface area contributed by atoms with Gasteiger partial charge in [-0.15, -0.1) is 0 Å². The minimum absolute atomic E-state index is 0.169. The first-order chi connectivity index (χ1) is 10.8. The van der Waals surface area contributed by atoms with Crippen molar-refractivity contribution >= 4 is 17.5 Å². The van der Waals surface area contributed by atoms with Gasteiger partial charge in [-0.1, -0.05) is 19.1 Å². The summed E-state index contributed by atoms with van der Waals surface area (Å²) in [5, 5.41) is 6.06. The highest BCUT2D eigenvalue weighted by atomic mass is 16.1. The van der Waals surface area contributed by atoms with Crippen LogP contribution in [0.2, 0.25) is 0 Å². The van der Waals surface area contributed by atoms with Crippen LogP contribution < -0.4 is 10.6 Å². The van der Waals surface area contributed by atoms with Crippen LogP contribution in [0.4, 0.5) is 11.6 Å². The second-order valence-corrected chi connectivity index (χ2v) is 6.60. The minimum Gasteiger partial charge on any atom is -0.350 e. The summed E-state index contributed by atoms with van der Waals surface area (Å²) in [6.07, 6.45) is 0.973. The Kier molecular flexibility index (Phi) is 4.98. The van der Waals surface area contributed by atoms with E-state index < -0.39 is 0 Å². The van der Waals surface area contributed by atoms with E-state index >= 15 is 0 Å². The highest BCUT2D eigenvalue weighted by Gasteiger charge is 2.15. The van der Waals surface area contributed by atoms with Gasteiger partial charge in [0.15, 0.2) is 0 Å². The van der Waals surface area contributed by atoms with Crippen molar-refractivity contribution in [2.24, 2.45) is 0 Å². The molecule has 0 aliphatic heterocycles. The van der Waals surface area contributed by atoms with Gasteiger partial charge < -0.3 is 10.6 Å². The molecule has 0 radical (unpaired) electrons. The van der Waals surface area contributed by atoms with Crippen molar-refractivity contribution in [2.45, 2.75) is 46.6 Å². The number of benzene rings is 1. The fourth-order valence-corrected chi connectivity index (χ4v) is 2.10. The zero-order chi connectivity index (χ0) is 17.0. The first-order valence-corrected chi connectivity index (χ1v) is 7.81. The van der Waals surface area contributed by atoms with Gasteiger partial charge in [-0.3, -0.25) is 4.79 Å². The molecular formula is C18H24N4O. The fourth-order valence-electron chi connectivity index (χ4n) is 2.10. The lowest BCUT2D eigenvalue weighted by Crippen LogP contribution is -2.28. The Hall–Kier alpha value is -2.43. The number of aromatic nitrogens is 2. The van der Waals surface area contributed by atoms with Gasteiger partial charge in [0.1, 0.15) is 5.69 Å². The molecule has 0 aliphatic carbocycles. The van der Waals surface area contributed by atoms with Crippen LogP contribution in [0.15, 0.2) is 30.3 Å². The molecule has 0 atom stereocenters. The van der Waals surface area contributed by atoms with Gasteiger partial charge in [0, 0.05) is 16.9 Å². The predicted octanol–water partition coefficient (Wildman–Crippen LogP) is 3.81. The lowest BCUT2D eigenvalue weighted by molar-refractivity contribution is 0.102. The normalized spacial score (nSPS) is 11.2. The summed E-state index contributed by atoms with van der Waals surface area (Å²) in [6, 6.07) is 9.50. The molecule has 0 spiro atoms. The van der Waals surface area contributed by atoms with Crippen LogP contribution >= 0.6 is 0 Å². The van der Waals surface area contributed by atoms with E-state index in [-0.39, 0.29) is 11.4 Å². The molecule has 0 fully saturated rings. The van der Waals surface area contributed by atoms with Gasteiger partial charge in [0.25, 0.3) is 5.91 Å². The maximum absolute atomic E-state index is 12.4. The Morgan fingerprint density at radius 2 is 1.78 bits per heavy atom. The van der Waals surface area contributed by atoms with Crippen molar-refractivity contribution in [3.63, 3.8) is 0 Å². The van der Waals surface area contributed by atoms with E-state index in [2.05, 4.69) is 27.5 Å². The SMILES string of the molecule is CCc1ccc(NC(=O)c2cc(C)nc(NC(C)(C)C)n2)cc1. The molecule has 2 rings (SSSR count). The van der Waals surface area contributed by atoms with Crippen LogP contribution in [0.5, 0.6) is 0 Å². The number of aryl methyl sites for hydroxylation is 2. The third kappa shape index (κ3) is 5.06. The first-order valence-electron chi connectivity index (χ1n) is 7.81. The molecule has 1 heterocycles. The molecule has 0 saturated carbocycles. The lowest BCUT2D eigenvalue weighted by Gasteiger charge is -2.20. The van der Waals surface area contributed by atoms with Gasteiger partial charge in [-0.25, -0.2) is 9.97 Å². The number of hydrogen-bond donors (Lipinski definition) is 2. The molecule has 0 bridgehead atoms. The van der Waals surface area contributed by atoms with E-state index in [1.807, 2.05) is 52.0 Å². The fraction of sp³-hybridized carbons (Fsp3) is 0.389. The summed E-state index contributed by atoms with van der Waals surface area (Å²) >= 11 is 0. The van der Waals surface area contributed by atoms with E-state index in [4.69, 9.17) is 0 Å². The third-order valence-corrected chi connectivity index (χ3v) is 3.19. The molecule has 0 unspecified atom stereocenters. The maximum atomic E-state index is 12.4. The van der Waals surface area contributed by atoms with Crippen LogP contribution in [-0.4, -0.2) is 21.4 Å². The first kappa shape index (κ1) is 16.9. The van der Waals surface area contributed by atoms with E-state index in [1.54, 1.807) is 6.07 Å². The van der Waals surface area contributed by atoms with Crippen LogP contribution in [0.3, 0.4) is 0 Å². The molecule has 5 nitrogen and oxygen atoms in total. The van der Waals surface area contributed by atoms with Crippen LogP contribution in [0.1, 0.15) is 49.4 Å². The van der Waals surface area contributed by atoms with Crippen LogP contribution in [-0.2, 0) is 6.42 Å². The van der Waals surface area contributed by atoms with Crippen molar-refractivity contribution in [2.75, 3.05) is 10.6 Å². The molecule has 1 aromatic carbocycles. The summed E-state index contributed by atoms with van der Waals surface area (Å²) in [6.45, 7) is 10.0. The Bertz CT molecular complexity index is 687. The van der Waals surface area contributed by atoms with Gasteiger partial charge in [-0.2, -0.15) is 0 Å². The molecule has 0 aliphatic rings. The molecule has 2 N–H and O–H groups in total. The molecule has 23 heavy (non-hydrogen) atoms. The highest BCUT2D eigenvalue weighted by Crippen LogP contribution is 2.14. The number of carbonyl (C=O) groups is 1. The predicted molar refractivity (Wildman–Crippen MR) is 93.9 cm³/mol. The van der Waals surface area contributed by atoms with Crippen LogP contribution in [0.25, 0.3) is 0 Å². The molecule has 5 heteroatoms. The second-order valence-electron chi connectivity index (χ2n) is 6.60. The van der Waals surface area contributed by atoms with E-state index in [0.29, 0.717) is 11.6 Å². The molecule has 122 valence electrons. The maximum Gasteiger partial charge on any atom is 0.274 e. The van der Waals surface area contributed by atoms with Crippen LogP contribution in [0, 0.1) is 6.92 Å². The van der Waals surface area contributed by atoms with Gasteiger partial charge in [-0.05, 0) is 57.9 Å². The standard InChI is InChI=1S/C18H24N4O/c1-6-13-7-9-14(10-8-13)20-16(23)15-11-12(2)19-17(21-15)22-18(3,4)5/h7-11H,6H2,1-5H3,(H,20,23)(H,19,21,22). The Morgan fingerprint density at radius 1 is 1.13 bits per heavy atom. The number of carbonyl (C=O) groups excluding carboxylic acids is 1. The second kappa shape index (κ2) is 6.77. The largest absolute Gasteiger partial charge is 0.350 e. The van der Waals surface area contributed by atoms with Crippen molar-refractivity contribution in [3.8, 4) is 0 Å². The Balaban J connectivity index is 2.17. The van der Waals surface area contributed by atoms with E-state index in [1.165, 1.54) is 5.56 Å². The van der Waals surface area contributed by atoms with Crippen molar-refractivity contribution in [1.82, 2.24) is 9.97 Å². The zero-order valence-electron chi connectivity index (χ0n) is 14.4. The van der Waals surface area contributed by atoms with Gasteiger partial charge in [0.2, 0.25) is 5.95 Å². The number of hydrogen-bond acceptors (Lipinski definition) is 4. The topological polar surface area (TPSA) is 66.9 Å². The quantitative estimate of drug-likeness (QED) is 0.901. The number of rotatable bonds is 4. The van der Waals surface area contributed by atoms with Gasteiger partial charge in [0.05, 0.1) is 0 Å². The lowest BCUT2D eigenvalue weighted by atomic mass is 10.1. The average Bonchev–Trinajstić information content (AvgIpc) is 2.45. The summed E-state index contributed by atoms with van der Waals surface area (Å²) in [7, 11) is 0. The summed E-state index contributed by atoms with van der Waals surface area (Å²) in [5.41, 5.74) is 2.92. The van der Waals surface area contributed by atoms with E-state index in [0.717, 1.165) is 17.8 Å². The number of nitrogens with one attached hydrogen (secondary N) is 2. The summed E-state index contributed by atoms with van der Waals surface area (Å²) in [5.74, 6) is 0.223. The summed E-state index contributed by atoms with van der Waals surface area (Å²) < 4.78 is 0. The Morgan fingerprint density at radius 3 is 2.35 bits per heavy atom.